The van der Waals surface area contributed by atoms with Crippen LogP contribution in [0.3, 0.4) is 0 Å². The van der Waals surface area contributed by atoms with E-state index in [1.807, 2.05) is 18.2 Å². The van der Waals surface area contributed by atoms with Gasteiger partial charge in [-0.15, -0.1) is 0 Å². The molecule has 0 fully saturated rings. The van der Waals surface area contributed by atoms with Crippen molar-refractivity contribution in [2.24, 2.45) is 0 Å². The third-order valence-electron chi connectivity index (χ3n) is 3.51. The Hall–Kier alpha value is -2.25. The van der Waals surface area contributed by atoms with Crippen LogP contribution in [-0.4, -0.2) is 21.7 Å². The zero-order valence-corrected chi connectivity index (χ0v) is 15.2. The fraction of sp³-hybridized carbons (Fsp3) is 0.167. The first-order chi connectivity index (χ1) is 12.1. The van der Waals surface area contributed by atoms with E-state index in [0.29, 0.717) is 21.4 Å². The molecule has 25 heavy (non-hydrogen) atoms. The maximum atomic E-state index is 13.5. The van der Waals surface area contributed by atoms with Crippen molar-refractivity contribution in [1.29, 1.82) is 0 Å². The number of benzene rings is 2. The molecule has 0 atom stereocenters. The molecule has 0 bridgehead atoms. The zero-order valence-electron chi connectivity index (χ0n) is 13.5. The summed E-state index contributed by atoms with van der Waals surface area (Å²) in [5.74, 6) is 0.229. The van der Waals surface area contributed by atoms with Gasteiger partial charge in [0.1, 0.15) is 5.82 Å². The highest BCUT2D eigenvalue weighted by molar-refractivity contribution is 7.98. The summed E-state index contributed by atoms with van der Waals surface area (Å²) in [6.45, 7) is 1.72. The molecule has 0 radical (unpaired) electrons. The highest BCUT2D eigenvalue weighted by Gasteiger charge is 2.10. The smallest absolute Gasteiger partial charge is 0.203 e. The summed E-state index contributed by atoms with van der Waals surface area (Å²) in [6, 6.07) is 14.6. The molecule has 0 aliphatic carbocycles. The Morgan fingerprint density at radius 1 is 1.24 bits per heavy atom. The van der Waals surface area contributed by atoms with Gasteiger partial charge in [0, 0.05) is 22.8 Å². The van der Waals surface area contributed by atoms with Crippen LogP contribution < -0.4 is 5.32 Å². The Bertz CT molecular complexity index is 868. The summed E-state index contributed by atoms with van der Waals surface area (Å²) in [7, 11) is 0. The highest BCUT2D eigenvalue weighted by atomic mass is 32.2. The average molecular weight is 373 g/mol. The summed E-state index contributed by atoms with van der Waals surface area (Å²) in [5, 5.41) is 4.21. The molecule has 128 valence electrons. The number of hydrogen-bond donors (Lipinski definition) is 1. The fourth-order valence-corrected chi connectivity index (χ4v) is 3.58. The number of nitrogens with one attached hydrogen (secondary N) is 1. The number of carbonyl (C=O) groups excluding carboxylic acids is 1. The van der Waals surface area contributed by atoms with Gasteiger partial charge in [-0.3, -0.25) is 4.79 Å². The Morgan fingerprint density at radius 2 is 2.04 bits per heavy atom. The number of carbonyl (C=O) groups is 1. The number of nitrogens with zero attached hydrogens (tertiary/aromatic N) is 2. The first-order valence-electron chi connectivity index (χ1n) is 7.65. The van der Waals surface area contributed by atoms with Gasteiger partial charge in [0.2, 0.25) is 10.3 Å². The quantitative estimate of drug-likeness (QED) is 0.485. The molecule has 1 heterocycles. The van der Waals surface area contributed by atoms with E-state index >= 15 is 0 Å². The van der Waals surface area contributed by atoms with Crippen molar-refractivity contribution in [3.8, 4) is 0 Å². The fourth-order valence-electron chi connectivity index (χ4n) is 2.09. The SMILES string of the molecule is Cc1ccc(C(=O)CNc2nc(SCc3ccccc3)ns2)cc1F. The molecule has 0 amide bonds. The van der Waals surface area contributed by atoms with Crippen molar-refractivity contribution in [1.82, 2.24) is 9.36 Å². The molecule has 0 saturated carbocycles. The number of aromatic nitrogens is 2. The second-order valence-electron chi connectivity index (χ2n) is 5.40. The third kappa shape index (κ3) is 4.87. The molecule has 0 spiro atoms. The van der Waals surface area contributed by atoms with E-state index in [1.54, 1.807) is 30.8 Å². The predicted molar refractivity (Wildman–Crippen MR) is 99.9 cm³/mol. The Labute approximate surface area is 153 Å². The monoisotopic (exact) mass is 373 g/mol. The number of thioether (sulfide) groups is 1. The number of ketones is 1. The van der Waals surface area contributed by atoms with Gasteiger partial charge in [-0.2, -0.15) is 9.36 Å². The summed E-state index contributed by atoms with van der Waals surface area (Å²) < 4.78 is 17.8. The number of halogens is 1. The van der Waals surface area contributed by atoms with Crippen molar-refractivity contribution < 1.29 is 9.18 Å². The summed E-state index contributed by atoms with van der Waals surface area (Å²) >= 11 is 2.75. The second-order valence-corrected chi connectivity index (χ2v) is 7.09. The van der Waals surface area contributed by atoms with E-state index in [1.165, 1.54) is 23.2 Å². The van der Waals surface area contributed by atoms with Crippen molar-refractivity contribution in [2.75, 3.05) is 11.9 Å². The average Bonchev–Trinajstić information content (AvgIpc) is 3.09. The van der Waals surface area contributed by atoms with Crippen molar-refractivity contribution in [2.45, 2.75) is 17.8 Å². The minimum absolute atomic E-state index is 0.0560. The molecule has 0 unspecified atom stereocenters. The molecule has 0 aliphatic heterocycles. The van der Waals surface area contributed by atoms with E-state index < -0.39 is 0 Å². The van der Waals surface area contributed by atoms with E-state index in [-0.39, 0.29) is 18.1 Å². The minimum atomic E-state index is -0.374. The van der Waals surface area contributed by atoms with Gasteiger partial charge in [0.15, 0.2) is 5.78 Å². The Kier molecular flexibility index (Phi) is 5.78. The number of anilines is 1. The van der Waals surface area contributed by atoms with Crippen LogP contribution in [0.4, 0.5) is 9.52 Å². The molecule has 2 aromatic carbocycles. The minimum Gasteiger partial charge on any atom is -0.353 e. The Morgan fingerprint density at radius 3 is 2.80 bits per heavy atom. The largest absolute Gasteiger partial charge is 0.353 e. The Balaban J connectivity index is 1.52. The number of hydrogen-bond acceptors (Lipinski definition) is 6. The van der Waals surface area contributed by atoms with Gasteiger partial charge in [-0.25, -0.2) is 4.39 Å². The molecule has 7 heteroatoms. The van der Waals surface area contributed by atoms with E-state index in [4.69, 9.17) is 0 Å². The lowest BCUT2D eigenvalue weighted by atomic mass is 10.1. The molecule has 0 aliphatic rings. The van der Waals surface area contributed by atoms with Crippen molar-refractivity contribution in [3.05, 3.63) is 71.0 Å². The molecular weight excluding hydrogens is 357 g/mol. The lowest BCUT2D eigenvalue weighted by Crippen LogP contribution is -2.14. The summed E-state index contributed by atoms with van der Waals surface area (Å²) in [5.41, 5.74) is 2.07. The van der Waals surface area contributed by atoms with Crippen molar-refractivity contribution >= 4 is 34.2 Å². The van der Waals surface area contributed by atoms with E-state index in [2.05, 4.69) is 26.8 Å². The van der Waals surface area contributed by atoms with Gasteiger partial charge in [-0.05, 0) is 24.1 Å². The molecule has 4 nitrogen and oxygen atoms in total. The summed E-state index contributed by atoms with van der Waals surface area (Å²) in [4.78, 5) is 16.5. The van der Waals surface area contributed by atoms with Crippen LogP contribution in [0.2, 0.25) is 0 Å². The van der Waals surface area contributed by atoms with Crippen LogP contribution in [0.1, 0.15) is 21.5 Å². The summed E-state index contributed by atoms with van der Waals surface area (Å²) in [6.07, 6.45) is 0. The highest BCUT2D eigenvalue weighted by Crippen LogP contribution is 2.23. The second kappa shape index (κ2) is 8.22. The molecule has 1 aromatic heterocycles. The van der Waals surface area contributed by atoms with Crippen LogP contribution >= 0.6 is 23.3 Å². The van der Waals surface area contributed by atoms with Gasteiger partial charge >= 0.3 is 0 Å². The van der Waals surface area contributed by atoms with Gasteiger partial charge < -0.3 is 5.32 Å². The first kappa shape index (κ1) is 17.6. The molecular formula is C18H16FN3OS2. The number of Topliss-reactive ketones (excluding diaryl/α,β-unsaturated/α-hetero) is 1. The van der Waals surface area contributed by atoms with Crippen LogP contribution in [0.5, 0.6) is 0 Å². The molecule has 3 rings (SSSR count). The lowest BCUT2D eigenvalue weighted by molar-refractivity contribution is 0.101. The molecule has 1 N–H and O–H groups in total. The normalized spacial score (nSPS) is 10.6. The number of aryl methyl sites for hydroxylation is 1. The molecule has 3 aromatic rings. The standard InChI is InChI=1S/C18H16FN3OS2/c1-12-7-8-14(9-15(12)19)16(23)10-20-17-21-18(22-25-17)24-11-13-5-3-2-4-6-13/h2-9H,10-11H2,1H3,(H,20,21,22). The van der Waals surface area contributed by atoms with Crippen molar-refractivity contribution in [3.63, 3.8) is 0 Å². The van der Waals surface area contributed by atoms with Gasteiger partial charge in [0.05, 0.1) is 6.54 Å². The topological polar surface area (TPSA) is 54.9 Å². The zero-order chi connectivity index (χ0) is 17.6. The molecule has 0 saturated heterocycles. The van der Waals surface area contributed by atoms with E-state index in [9.17, 15) is 9.18 Å². The third-order valence-corrected chi connectivity index (χ3v) is 5.22. The van der Waals surface area contributed by atoms with Gasteiger partial charge in [-0.1, -0.05) is 54.2 Å². The maximum Gasteiger partial charge on any atom is 0.203 e. The lowest BCUT2D eigenvalue weighted by Gasteiger charge is -2.03. The van der Waals surface area contributed by atoms with E-state index in [0.717, 1.165) is 5.75 Å². The van der Waals surface area contributed by atoms with Crippen LogP contribution in [0.15, 0.2) is 53.7 Å². The van der Waals surface area contributed by atoms with Crippen LogP contribution in [-0.2, 0) is 5.75 Å². The van der Waals surface area contributed by atoms with Gasteiger partial charge in [0.25, 0.3) is 0 Å². The van der Waals surface area contributed by atoms with Crippen LogP contribution in [0.25, 0.3) is 0 Å². The number of rotatable bonds is 7. The van der Waals surface area contributed by atoms with Crippen LogP contribution in [0, 0.1) is 12.7 Å². The predicted octanol–water partition coefficient (Wildman–Crippen LogP) is 4.57. The first-order valence-corrected chi connectivity index (χ1v) is 9.41. The maximum absolute atomic E-state index is 13.5.